The van der Waals surface area contributed by atoms with Crippen LogP contribution in [0.3, 0.4) is 0 Å². The Morgan fingerprint density at radius 1 is 1.06 bits per heavy atom. The molecular formula is C36H42N4O8. The number of nitrogens with zero attached hydrogens (tertiary/aromatic N) is 1. The number of nitrogens with one attached hydrogen (secondary N) is 3. The van der Waals surface area contributed by atoms with Gasteiger partial charge in [0.15, 0.2) is 12.1 Å². The number of aromatic nitrogens is 2. The molecule has 0 spiro atoms. The van der Waals surface area contributed by atoms with Crippen LogP contribution in [0.5, 0.6) is 0 Å². The zero-order valence-corrected chi connectivity index (χ0v) is 28.2. The molecule has 5 rings (SSSR count). The molecule has 4 heterocycles. The lowest BCUT2D eigenvalue weighted by Crippen LogP contribution is -2.32. The molecule has 48 heavy (non-hydrogen) atoms. The first-order chi connectivity index (χ1) is 22.9. The van der Waals surface area contributed by atoms with Gasteiger partial charge >= 0.3 is 11.9 Å². The van der Waals surface area contributed by atoms with E-state index in [0.717, 1.165) is 34.4 Å². The molecule has 12 nitrogen and oxygen atoms in total. The Hall–Kier alpha value is -4.84. The van der Waals surface area contributed by atoms with Crippen molar-refractivity contribution in [3.63, 3.8) is 0 Å². The van der Waals surface area contributed by atoms with Crippen LogP contribution in [0.15, 0.2) is 34.5 Å². The number of hydrogen-bond acceptors (Lipinski definition) is 9. The number of H-pyrrole nitrogens is 2. The predicted molar refractivity (Wildman–Crippen MR) is 178 cm³/mol. The second-order valence-corrected chi connectivity index (χ2v) is 12.6. The van der Waals surface area contributed by atoms with Gasteiger partial charge in [-0.2, -0.15) is 0 Å². The number of allylic oxidation sites excluding steroid dienone is 1. The largest absolute Gasteiger partial charge is 0.469 e. The van der Waals surface area contributed by atoms with Crippen molar-refractivity contribution in [2.24, 2.45) is 22.7 Å². The number of methoxy groups -OCH3 is 2. The summed E-state index contributed by atoms with van der Waals surface area (Å²) in [7, 11) is 2.56. The van der Waals surface area contributed by atoms with Crippen molar-refractivity contribution in [2.45, 2.75) is 65.8 Å². The number of esters is 2. The SMILES string of the molecule is C=CC1=C(C)[C@@H](CC2=NC(=C3c4[nH]c(Cc5[nH]c(C=O)c(C)c5CCO)c(C)c4C(=O)[C@@H]3C(=O)OC)[C@@H](CCC(=O)OC)[C@@H]2C)NC1=O. The van der Waals surface area contributed by atoms with Crippen molar-refractivity contribution in [1.82, 2.24) is 15.3 Å². The normalized spacial score (nSPS) is 23.4. The topological polar surface area (TPSA) is 180 Å². The van der Waals surface area contributed by atoms with Crippen molar-refractivity contribution in [3.05, 3.63) is 74.5 Å². The fourth-order valence-corrected chi connectivity index (χ4v) is 7.43. The van der Waals surface area contributed by atoms with E-state index in [0.29, 0.717) is 70.7 Å². The van der Waals surface area contributed by atoms with E-state index in [9.17, 15) is 29.1 Å². The van der Waals surface area contributed by atoms with E-state index in [-0.39, 0.29) is 36.8 Å². The summed E-state index contributed by atoms with van der Waals surface area (Å²) in [5.41, 5.74) is 8.04. The Balaban J connectivity index is 1.66. The first kappa shape index (κ1) is 34.5. The first-order valence-electron chi connectivity index (χ1n) is 16.0. The van der Waals surface area contributed by atoms with Crippen LogP contribution in [-0.4, -0.2) is 77.6 Å². The van der Waals surface area contributed by atoms with Crippen LogP contribution in [0.2, 0.25) is 0 Å². The Kier molecular flexibility index (Phi) is 9.86. The van der Waals surface area contributed by atoms with E-state index in [4.69, 9.17) is 14.5 Å². The van der Waals surface area contributed by atoms with E-state index < -0.39 is 23.6 Å². The Bertz CT molecular complexity index is 1820. The minimum atomic E-state index is -1.26. The van der Waals surface area contributed by atoms with Crippen molar-refractivity contribution in [3.8, 4) is 0 Å². The highest BCUT2D eigenvalue weighted by Crippen LogP contribution is 2.48. The van der Waals surface area contributed by atoms with Gasteiger partial charge in [-0.05, 0) is 55.9 Å². The van der Waals surface area contributed by atoms with Crippen LogP contribution in [0, 0.1) is 31.6 Å². The molecule has 2 aromatic heterocycles. The number of rotatable bonds is 12. The molecule has 2 aromatic rings. The summed E-state index contributed by atoms with van der Waals surface area (Å²) in [4.78, 5) is 75.6. The summed E-state index contributed by atoms with van der Waals surface area (Å²) in [6.45, 7) is 11.2. The highest BCUT2D eigenvalue weighted by molar-refractivity contribution is 6.24. The fraction of sp³-hybridized carbons (Fsp3) is 0.444. The molecule has 0 saturated carbocycles. The van der Waals surface area contributed by atoms with Gasteiger partial charge in [-0.3, -0.25) is 29.0 Å². The number of aliphatic hydroxyl groups excluding tert-OH is 1. The zero-order valence-electron chi connectivity index (χ0n) is 28.2. The number of ketones is 1. The molecule has 0 bridgehead atoms. The summed E-state index contributed by atoms with van der Waals surface area (Å²) in [6, 6.07) is -0.303. The van der Waals surface area contributed by atoms with E-state index >= 15 is 0 Å². The minimum Gasteiger partial charge on any atom is -0.469 e. The Morgan fingerprint density at radius 3 is 2.40 bits per heavy atom. The van der Waals surface area contributed by atoms with Crippen LogP contribution in [0.1, 0.15) is 87.7 Å². The Morgan fingerprint density at radius 2 is 1.79 bits per heavy atom. The van der Waals surface area contributed by atoms with Crippen molar-refractivity contribution in [2.75, 3.05) is 20.8 Å². The standard InChI is InChI=1S/C36H42N4O8/c1-8-20-16(2)24(40-35(20)45)13-23-18(4)22(9-10-28(43)47-6)32(38-23)30-31(36(46)48-7)34(44)29-19(5)25(39-33(29)30)14-26-21(11-12-41)17(3)27(15-42)37-26/h8,15,18,22,24,31,37,39,41H,1,9-14H2,2-7H3,(H,40,45)/t18-,22-,24+,31+/m0/s1. The lowest BCUT2D eigenvalue weighted by Gasteiger charge is -2.21. The minimum absolute atomic E-state index is 0.0972. The summed E-state index contributed by atoms with van der Waals surface area (Å²) in [5.74, 6) is -3.50. The molecule has 1 amide bonds. The zero-order chi connectivity index (χ0) is 35.0. The molecule has 0 saturated heterocycles. The van der Waals surface area contributed by atoms with Crippen LogP contribution < -0.4 is 5.32 Å². The molecule has 254 valence electrons. The molecule has 4 N–H and O–H groups in total. The maximum Gasteiger partial charge on any atom is 0.321 e. The van der Waals surface area contributed by atoms with E-state index in [2.05, 4.69) is 21.9 Å². The second kappa shape index (κ2) is 13.7. The quantitative estimate of drug-likeness (QED) is 0.152. The number of hydrogen-bond donors (Lipinski definition) is 4. The van der Waals surface area contributed by atoms with Crippen molar-refractivity contribution in [1.29, 1.82) is 0 Å². The third kappa shape index (κ3) is 5.78. The van der Waals surface area contributed by atoms with Gasteiger partial charge in [0.2, 0.25) is 0 Å². The van der Waals surface area contributed by atoms with Crippen LogP contribution in [0.25, 0.3) is 5.57 Å². The smallest absolute Gasteiger partial charge is 0.321 e. The lowest BCUT2D eigenvalue weighted by atomic mass is 9.82. The molecule has 0 radical (unpaired) electrons. The van der Waals surface area contributed by atoms with Gasteiger partial charge in [-0.1, -0.05) is 19.6 Å². The van der Waals surface area contributed by atoms with Crippen molar-refractivity contribution >= 4 is 41.2 Å². The van der Waals surface area contributed by atoms with E-state index in [1.54, 1.807) is 0 Å². The number of ether oxygens (including phenoxy) is 2. The molecule has 4 atom stereocenters. The van der Waals surface area contributed by atoms with Gasteiger partial charge in [-0.25, -0.2) is 0 Å². The summed E-state index contributed by atoms with van der Waals surface area (Å²) < 4.78 is 10.1. The molecule has 0 aromatic carbocycles. The van der Waals surface area contributed by atoms with E-state index in [1.165, 1.54) is 20.3 Å². The average molecular weight is 659 g/mol. The predicted octanol–water partition coefficient (Wildman–Crippen LogP) is 3.65. The molecule has 0 unspecified atom stereocenters. The molecule has 0 fully saturated rings. The van der Waals surface area contributed by atoms with E-state index in [1.807, 2.05) is 27.7 Å². The second-order valence-electron chi connectivity index (χ2n) is 12.6. The van der Waals surface area contributed by atoms with Gasteiger partial charge in [0, 0.05) is 71.5 Å². The molecule has 1 aliphatic carbocycles. The lowest BCUT2D eigenvalue weighted by molar-refractivity contribution is -0.142. The molecule has 2 aliphatic heterocycles. The highest BCUT2D eigenvalue weighted by atomic mass is 16.5. The number of amides is 1. The maximum atomic E-state index is 14.1. The average Bonchev–Trinajstić information content (AvgIpc) is 3.81. The highest BCUT2D eigenvalue weighted by Gasteiger charge is 2.48. The number of Topliss-reactive ketones (excluding diaryl/α,β-unsaturated/α-hetero) is 1. The summed E-state index contributed by atoms with van der Waals surface area (Å²) in [5, 5.41) is 12.7. The third-order valence-corrected chi connectivity index (χ3v) is 10.2. The van der Waals surface area contributed by atoms with Crippen LogP contribution in [-0.2, 0) is 36.7 Å². The molecule has 3 aliphatic rings. The summed E-state index contributed by atoms with van der Waals surface area (Å²) >= 11 is 0. The monoisotopic (exact) mass is 658 g/mol. The molecular weight excluding hydrogens is 616 g/mol. The first-order valence-corrected chi connectivity index (χ1v) is 16.0. The number of aliphatic hydroxyl groups is 1. The maximum absolute atomic E-state index is 14.1. The van der Waals surface area contributed by atoms with Gasteiger partial charge in [0.05, 0.1) is 37.3 Å². The Labute approximate surface area is 278 Å². The van der Waals surface area contributed by atoms with Gasteiger partial charge in [0.25, 0.3) is 5.91 Å². The van der Waals surface area contributed by atoms with Crippen molar-refractivity contribution < 1.29 is 38.6 Å². The number of fused-ring (bicyclic) bond motifs is 1. The van der Waals surface area contributed by atoms with Crippen LogP contribution >= 0.6 is 0 Å². The summed E-state index contributed by atoms with van der Waals surface area (Å²) in [6.07, 6.45) is 3.81. The number of aromatic amines is 2. The number of carbonyl (C=O) groups excluding carboxylic acids is 5. The van der Waals surface area contributed by atoms with Gasteiger partial charge in [0.1, 0.15) is 5.92 Å². The van der Waals surface area contributed by atoms with Gasteiger partial charge < -0.3 is 29.9 Å². The fourth-order valence-electron chi connectivity index (χ4n) is 7.43. The van der Waals surface area contributed by atoms with Crippen LogP contribution in [0.4, 0.5) is 0 Å². The third-order valence-electron chi connectivity index (χ3n) is 10.2. The number of aliphatic imine (C=N–C) groups is 1. The van der Waals surface area contributed by atoms with Gasteiger partial charge in [-0.15, -0.1) is 0 Å². The number of carbonyl (C=O) groups is 5. The number of aldehydes is 1. The molecule has 12 heteroatoms.